The summed E-state index contributed by atoms with van der Waals surface area (Å²) in [5, 5.41) is 0. The Labute approximate surface area is 134 Å². The fourth-order valence-corrected chi connectivity index (χ4v) is 3.33. The maximum atomic E-state index is 2.45. The molecule has 0 aliphatic heterocycles. The smallest absolute Gasteiger partial charge is 0.0196 e. The van der Waals surface area contributed by atoms with Crippen LogP contribution in [-0.2, 0) is 12.8 Å². The van der Waals surface area contributed by atoms with Gasteiger partial charge in [-0.1, -0.05) is 88.4 Å². The van der Waals surface area contributed by atoms with Crippen molar-refractivity contribution in [3.8, 4) is 0 Å². The molecule has 2 aromatic carbocycles. The summed E-state index contributed by atoms with van der Waals surface area (Å²) >= 11 is 0. The van der Waals surface area contributed by atoms with E-state index >= 15 is 0 Å². The molecular weight excluding hydrogens is 264 g/mol. The van der Waals surface area contributed by atoms with Crippen LogP contribution in [0.4, 0.5) is 0 Å². The third-order valence-corrected chi connectivity index (χ3v) is 5.52. The van der Waals surface area contributed by atoms with E-state index in [4.69, 9.17) is 0 Å². The lowest BCUT2D eigenvalue weighted by Crippen LogP contribution is -2.37. The number of hydrogen-bond donors (Lipinski definition) is 0. The van der Waals surface area contributed by atoms with Crippen LogP contribution < -0.4 is 0 Å². The Kier molecular flexibility index (Phi) is 3.72. The van der Waals surface area contributed by atoms with Crippen molar-refractivity contribution in [2.75, 3.05) is 0 Å². The fraction of sp³-hybridized carbons (Fsp3) is 0.364. The molecule has 0 radical (unpaired) electrons. The van der Waals surface area contributed by atoms with Crippen molar-refractivity contribution in [3.05, 3.63) is 70.8 Å². The molecule has 0 nitrogen and oxygen atoms in total. The van der Waals surface area contributed by atoms with Gasteiger partial charge in [0.05, 0.1) is 0 Å². The molecule has 22 heavy (non-hydrogen) atoms. The van der Waals surface area contributed by atoms with Crippen molar-refractivity contribution >= 4 is 12.2 Å². The number of fused-ring (bicyclic) bond motifs is 2. The molecule has 0 unspecified atom stereocenters. The molecule has 114 valence electrons. The SMILES string of the molecule is CC(C)(C)C1(C)Cc2ccccc2/C=C\c2ccccc2C1. The molecule has 1 aliphatic carbocycles. The lowest BCUT2D eigenvalue weighted by Gasteiger charge is -2.43. The molecule has 0 heterocycles. The van der Waals surface area contributed by atoms with Crippen LogP contribution in [0, 0.1) is 10.8 Å². The van der Waals surface area contributed by atoms with Gasteiger partial charge < -0.3 is 0 Å². The normalized spacial score (nSPS) is 18.4. The van der Waals surface area contributed by atoms with Gasteiger partial charge >= 0.3 is 0 Å². The van der Waals surface area contributed by atoms with Crippen molar-refractivity contribution in [1.29, 1.82) is 0 Å². The first kappa shape index (κ1) is 15.1. The van der Waals surface area contributed by atoms with Crippen LogP contribution in [0.2, 0.25) is 0 Å². The number of benzene rings is 2. The highest BCUT2D eigenvalue weighted by atomic mass is 14.4. The molecule has 0 aromatic heterocycles. The third kappa shape index (κ3) is 2.75. The van der Waals surface area contributed by atoms with E-state index < -0.39 is 0 Å². The summed E-state index contributed by atoms with van der Waals surface area (Å²) in [4.78, 5) is 0. The molecule has 0 bridgehead atoms. The second-order valence-electron chi connectivity index (χ2n) is 7.90. The van der Waals surface area contributed by atoms with Gasteiger partial charge in [-0.2, -0.15) is 0 Å². The molecule has 0 N–H and O–H groups in total. The van der Waals surface area contributed by atoms with Crippen molar-refractivity contribution in [1.82, 2.24) is 0 Å². The predicted molar refractivity (Wildman–Crippen MR) is 96.8 cm³/mol. The average Bonchev–Trinajstić information content (AvgIpc) is 2.52. The van der Waals surface area contributed by atoms with Gasteiger partial charge in [0.1, 0.15) is 0 Å². The molecule has 0 fully saturated rings. The predicted octanol–water partition coefficient (Wildman–Crippen LogP) is 6.01. The van der Waals surface area contributed by atoms with Crippen LogP contribution in [-0.4, -0.2) is 0 Å². The summed E-state index contributed by atoms with van der Waals surface area (Å²) in [5.41, 5.74) is 6.11. The van der Waals surface area contributed by atoms with Gasteiger partial charge in [-0.3, -0.25) is 0 Å². The maximum Gasteiger partial charge on any atom is -0.0196 e. The van der Waals surface area contributed by atoms with E-state index in [2.05, 4.69) is 88.4 Å². The summed E-state index contributed by atoms with van der Waals surface area (Å²) in [5.74, 6) is 0. The minimum atomic E-state index is 0.227. The van der Waals surface area contributed by atoms with Gasteiger partial charge in [-0.15, -0.1) is 0 Å². The molecule has 1 aliphatic rings. The minimum Gasteiger partial charge on any atom is -0.0620 e. The second-order valence-corrected chi connectivity index (χ2v) is 7.90. The molecule has 0 heteroatoms. The van der Waals surface area contributed by atoms with E-state index in [1.807, 2.05) is 0 Å². The summed E-state index contributed by atoms with van der Waals surface area (Å²) in [7, 11) is 0. The zero-order valence-electron chi connectivity index (χ0n) is 14.2. The van der Waals surface area contributed by atoms with Crippen molar-refractivity contribution < 1.29 is 0 Å². The largest absolute Gasteiger partial charge is 0.0620 e. The molecule has 0 saturated carbocycles. The van der Waals surface area contributed by atoms with Gasteiger partial charge in [0.2, 0.25) is 0 Å². The molecule has 0 amide bonds. The van der Waals surface area contributed by atoms with E-state index in [0.29, 0.717) is 0 Å². The minimum absolute atomic E-state index is 0.227. The van der Waals surface area contributed by atoms with Crippen LogP contribution in [0.15, 0.2) is 48.5 Å². The Morgan fingerprint density at radius 2 is 1.14 bits per heavy atom. The second kappa shape index (κ2) is 5.43. The quantitative estimate of drug-likeness (QED) is 0.557. The molecule has 0 spiro atoms. The van der Waals surface area contributed by atoms with Crippen molar-refractivity contribution in [2.24, 2.45) is 10.8 Å². The van der Waals surface area contributed by atoms with Gasteiger partial charge in [0.15, 0.2) is 0 Å². The Hall–Kier alpha value is -1.82. The van der Waals surface area contributed by atoms with Crippen LogP contribution >= 0.6 is 0 Å². The van der Waals surface area contributed by atoms with Gasteiger partial charge in [0, 0.05) is 0 Å². The van der Waals surface area contributed by atoms with Crippen LogP contribution in [0.3, 0.4) is 0 Å². The van der Waals surface area contributed by atoms with Crippen LogP contribution in [0.25, 0.3) is 12.2 Å². The topological polar surface area (TPSA) is 0 Å². The summed E-state index contributed by atoms with van der Waals surface area (Å²) in [6.07, 6.45) is 6.79. The lowest BCUT2D eigenvalue weighted by atomic mass is 9.61. The Morgan fingerprint density at radius 3 is 1.55 bits per heavy atom. The third-order valence-electron chi connectivity index (χ3n) is 5.52. The highest BCUT2D eigenvalue weighted by Crippen LogP contribution is 2.45. The van der Waals surface area contributed by atoms with Gasteiger partial charge in [-0.05, 0) is 45.9 Å². The van der Waals surface area contributed by atoms with Crippen LogP contribution in [0.5, 0.6) is 0 Å². The number of rotatable bonds is 0. The Bertz CT molecular complexity index is 646. The Morgan fingerprint density at radius 1 is 0.727 bits per heavy atom. The van der Waals surface area contributed by atoms with E-state index in [9.17, 15) is 0 Å². The van der Waals surface area contributed by atoms with E-state index in [1.165, 1.54) is 22.3 Å². The fourth-order valence-electron chi connectivity index (χ4n) is 3.33. The number of hydrogen-bond acceptors (Lipinski definition) is 0. The van der Waals surface area contributed by atoms with Gasteiger partial charge in [0.25, 0.3) is 0 Å². The molecule has 2 aromatic rings. The highest BCUT2D eigenvalue weighted by Gasteiger charge is 2.38. The van der Waals surface area contributed by atoms with Gasteiger partial charge in [-0.25, -0.2) is 0 Å². The van der Waals surface area contributed by atoms with E-state index in [1.54, 1.807) is 0 Å². The lowest BCUT2D eigenvalue weighted by molar-refractivity contribution is 0.108. The molecule has 0 saturated heterocycles. The average molecular weight is 290 g/mol. The zero-order chi connectivity index (χ0) is 15.8. The summed E-state index contributed by atoms with van der Waals surface area (Å²) < 4.78 is 0. The first-order chi connectivity index (χ1) is 10.4. The van der Waals surface area contributed by atoms with Crippen molar-refractivity contribution in [2.45, 2.75) is 40.5 Å². The maximum absolute atomic E-state index is 2.45. The van der Waals surface area contributed by atoms with Crippen molar-refractivity contribution in [3.63, 3.8) is 0 Å². The standard InChI is InChI=1S/C22H26/c1-21(2,3)22(4)15-19-11-7-5-9-17(19)13-14-18-10-6-8-12-20(18)16-22/h5-14H,15-16H2,1-4H3/b14-13-. The summed E-state index contributed by atoms with van der Waals surface area (Å²) in [6, 6.07) is 17.7. The molecule has 0 atom stereocenters. The highest BCUT2D eigenvalue weighted by molar-refractivity contribution is 5.73. The zero-order valence-corrected chi connectivity index (χ0v) is 14.2. The first-order valence-corrected chi connectivity index (χ1v) is 8.23. The molecule has 3 rings (SSSR count). The monoisotopic (exact) mass is 290 g/mol. The van der Waals surface area contributed by atoms with E-state index in [0.717, 1.165) is 12.8 Å². The van der Waals surface area contributed by atoms with E-state index in [-0.39, 0.29) is 10.8 Å². The summed E-state index contributed by atoms with van der Waals surface area (Å²) in [6.45, 7) is 9.59. The first-order valence-electron chi connectivity index (χ1n) is 8.23. The van der Waals surface area contributed by atoms with Crippen LogP contribution in [0.1, 0.15) is 49.9 Å². The Balaban J connectivity index is 2.19. The molecular formula is C22H26.